The maximum absolute atomic E-state index is 5.70. The molecular formula is C12H16N2. The van der Waals surface area contributed by atoms with Gasteiger partial charge in [-0.25, -0.2) is 4.98 Å². The van der Waals surface area contributed by atoms with E-state index in [1.807, 2.05) is 6.20 Å². The van der Waals surface area contributed by atoms with Crippen molar-refractivity contribution in [2.24, 2.45) is 11.3 Å². The molecule has 0 saturated heterocycles. The highest BCUT2D eigenvalue weighted by Crippen LogP contribution is 2.61. The molecule has 0 radical (unpaired) electrons. The summed E-state index contributed by atoms with van der Waals surface area (Å²) in [5.74, 6) is 2.26. The molecule has 0 aromatic carbocycles. The van der Waals surface area contributed by atoms with Crippen molar-refractivity contribution in [2.75, 3.05) is 5.73 Å². The van der Waals surface area contributed by atoms with Gasteiger partial charge in [0.2, 0.25) is 0 Å². The van der Waals surface area contributed by atoms with Gasteiger partial charge in [0, 0.05) is 6.20 Å². The number of hydrogen-bond acceptors (Lipinski definition) is 2. The van der Waals surface area contributed by atoms with Crippen molar-refractivity contribution in [1.29, 1.82) is 0 Å². The van der Waals surface area contributed by atoms with Gasteiger partial charge in [-0.2, -0.15) is 0 Å². The monoisotopic (exact) mass is 188 g/mol. The van der Waals surface area contributed by atoms with Crippen LogP contribution in [0.15, 0.2) is 12.3 Å². The van der Waals surface area contributed by atoms with Crippen molar-refractivity contribution in [2.45, 2.75) is 32.6 Å². The summed E-state index contributed by atoms with van der Waals surface area (Å²) in [5.41, 5.74) is 9.08. The Bertz CT molecular complexity index is 395. The fourth-order valence-electron chi connectivity index (χ4n) is 3.17. The third kappa shape index (κ3) is 0.839. The van der Waals surface area contributed by atoms with E-state index >= 15 is 0 Å². The van der Waals surface area contributed by atoms with Crippen LogP contribution in [0.2, 0.25) is 0 Å². The van der Waals surface area contributed by atoms with Crippen LogP contribution in [0.4, 0.5) is 5.82 Å². The lowest BCUT2D eigenvalue weighted by atomic mass is 9.48. The van der Waals surface area contributed by atoms with E-state index in [4.69, 9.17) is 5.73 Å². The molecule has 3 aliphatic rings. The molecule has 2 nitrogen and oxygen atoms in total. The zero-order valence-corrected chi connectivity index (χ0v) is 8.75. The van der Waals surface area contributed by atoms with E-state index in [0.717, 1.165) is 11.8 Å². The first-order valence-corrected chi connectivity index (χ1v) is 5.33. The lowest BCUT2D eigenvalue weighted by Gasteiger charge is -2.57. The van der Waals surface area contributed by atoms with E-state index in [1.165, 1.54) is 24.0 Å². The number of pyridine rings is 1. The molecule has 2 heteroatoms. The van der Waals surface area contributed by atoms with Gasteiger partial charge in [-0.15, -0.1) is 0 Å². The predicted molar refractivity (Wildman–Crippen MR) is 57.0 cm³/mol. The van der Waals surface area contributed by atoms with Crippen molar-refractivity contribution in [3.63, 3.8) is 0 Å². The van der Waals surface area contributed by atoms with Crippen LogP contribution in [0.25, 0.3) is 0 Å². The summed E-state index contributed by atoms with van der Waals surface area (Å²) in [6.07, 6.45) is 4.55. The summed E-state index contributed by atoms with van der Waals surface area (Å²) in [6.45, 7) is 4.76. The Morgan fingerprint density at radius 3 is 3.00 bits per heavy atom. The van der Waals surface area contributed by atoms with E-state index < -0.39 is 0 Å². The number of nitrogens with two attached hydrogens (primary N) is 1. The first-order valence-electron chi connectivity index (χ1n) is 5.33. The summed E-state index contributed by atoms with van der Waals surface area (Å²) in [5, 5.41) is 0. The van der Waals surface area contributed by atoms with Crippen molar-refractivity contribution >= 4 is 5.82 Å². The van der Waals surface area contributed by atoms with Crippen LogP contribution >= 0.6 is 0 Å². The molecule has 4 rings (SSSR count). The van der Waals surface area contributed by atoms with Crippen molar-refractivity contribution in [3.8, 4) is 0 Å². The Morgan fingerprint density at radius 2 is 2.29 bits per heavy atom. The van der Waals surface area contributed by atoms with Gasteiger partial charge < -0.3 is 5.73 Å². The fourth-order valence-corrected chi connectivity index (χ4v) is 3.17. The summed E-state index contributed by atoms with van der Waals surface area (Å²) in [7, 11) is 0. The minimum atomic E-state index is 0.491. The summed E-state index contributed by atoms with van der Waals surface area (Å²) >= 11 is 0. The molecule has 2 bridgehead atoms. The molecule has 0 spiro atoms. The highest BCUT2D eigenvalue weighted by Gasteiger charge is 2.52. The summed E-state index contributed by atoms with van der Waals surface area (Å²) in [6, 6.07) is 2.06. The van der Waals surface area contributed by atoms with Gasteiger partial charge in [0.15, 0.2) is 0 Å². The second kappa shape index (κ2) is 2.30. The topological polar surface area (TPSA) is 38.9 Å². The van der Waals surface area contributed by atoms with Crippen LogP contribution in [-0.2, 0) is 6.42 Å². The third-order valence-corrected chi connectivity index (χ3v) is 4.36. The molecule has 1 fully saturated rings. The van der Waals surface area contributed by atoms with Gasteiger partial charge in [-0.3, -0.25) is 0 Å². The van der Waals surface area contributed by atoms with E-state index in [2.05, 4.69) is 24.9 Å². The maximum Gasteiger partial charge on any atom is 0.123 e. The number of nitrogen functional groups attached to an aromatic ring is 1. The lowest BCUT2D eigenvalue weighted by Crippen LogP contribution is -2.48. The molecule has 1 aromatic rings. The van der Waals surface area contributed by atoms with Crippen LogP contribution in [0.5, 0.6) is 0 Å². The minimum Gasteiger partial charge on any atom is -0.384 e. The molecule has 14 heavy (non-hydrogen) atoms. The first-order chi connectivity index (χ1) is 6.59. The molecule has 0 aliphatic heterocycles. The quantitative estimate of drug-likeness (QED) is 0.678. The normalized spacial score (nSPS) is 31.9. The molecular weight excluding hydrogens is 172 g/mol. The molecule has 1 heterocycles. The zero-order chi connectivity index (χ0) is 9.92. The van der Waals surface area contributed by atoms with Crippen LogP contribution < -0.4 is 5.73 Å². The Balaban J connectivity index is 2.11. The van der Waals surface area contributed by atoms with Crippen LogP contribution in [0.3, 0.4) is 0 Å². The van der Waals surface area contributed by atoms with Crippen LogP contribution in [0.1, 0.15) is 37.3 Å². The zero-order valence-electron chi connectivity index (χ0n) is 8.75. The fraction of sp³-hybridized carbons (Fsp3) is 0.583. The summed E-state index contributed by atoms with van der Waals surface area (Å²) < 4.78 is 0. The van der Waals surface area contributed by atoms with E-state index in [-0.39, 0.29) is 0 Å². The Kier molecular flexibility index (Phi) is 1.36. The van der Waals surface area contributed by atoms with Crippen molar-refractivity contribution in [3.05, 3.63) is 23.4 Å². The average Bonchev–Trinajstić information content (AvgIpc) is 2.16. The standard InChI is InChI=1S/C12H16N2/c1-12(2)8-3-7-4-11(13)14-6-9(7)10(12)5-8/h4,6,8,10H,3,5H2,1-2H3,(H2,13,14)/t8-,10?/m0/s1. The van der Waals surface area contributed by atoms with E-state index in [0.29, 0.717) is 11.2 Å². The molecule has 1 aromatic heterocycles. The molecule has 0 amide bonds. The van der Waals surface area contributed by atoms with Crippen molar-refractivity contribution < 1.29 is 0 Å². The summed E-state index contributed by atoms with van der Waals surface area (Å²) in [4.78, 5) is 4.21. The van der Waals surface area contributed by atoms with Gasteiger partial charge in [0.1, 0.15) is 5.82 Å². The third-order valence-electron chi connectivity index (χ3n) is 4.36. The minimum absolute atomic E-state index is 0.491. The smallest absolute Gasteiger partial charge is 0.123 e. The van der Waals surface area contributed by atoms with Crippen LogP contribution in [0, 0.1) is 11.3 Å². The Morgan fingerprint density at radius 1 is 1.50 bits per heavy atom. The van der Waals surface area contributed by atoms with Gasteiger partial charge >= 0.3 is 0 Å². The number of hydrogen-bond donors (Lipinski definition) is 1. The number of aromatic nitrogens is 1. The SMILES string of the molecule is CC1(C)C2C[C@@H]1Cc1cc(N)ncc12. The lowest BCUT2D eigenvalue weighted by molar-refractivity contribution is 0.0183. The molecule has 1 unspecified atom stereocenters. The van der Waals surface area contributed by atoms with E-state index in [1.54, 1.807) is 0 Å². The second-order valence-electron chi connectivity index (χ2n) is 5.32. The van der Waals surface area contributed by atoms with Crippen LogP contribution in [-0.4, -0.2) is 4.98 Å². The van der Waals surface area contributed by atoms with Crippen molar-refractivity contribution in [1.82, 2.24) is 4.98 Å². The molecule has 2 atom stereocenters. The van der Waals surface area contributed by atoms with Gasteiger partial charge in [-0.1, -0.05) is 13.8 Å². The molecule has 2 N–H and O–H groups in total. The number of rotatable bonds is 0. The molecule has 3 aliphatic carbocycles. The van der Waals surface area contributed by atoms with Gasteiger partial charge in [-0.05, 0) is 47.3 Å². The number of anilines is 1. The second-order valence-corrected chi connectivity index (χ2v) is 5.32. The Hall–Kier alpha value is -1.05. The van der Waals surface area contributed by atoms with Gasteiger partial charge in [0.25, 0.3) is 0 Å². The van der Waals surface area contributed by atoms with Gasteiger partial charge in [0.05, 0.1) is 0 Å². The Labute approximate surface area is 84.5 Å². The maximum atomic E-state index is 5.70. The average molecular weight is 188 g/mol. The first kappa shape index (κ1) is 8.27. The largest absolute Gasteiger partial charge is 0.384 e. The molecule has 1 saturated carbocycles. The highest BCUT2D eigenvalue weighted by atomic mass is 14.8. The highest BCUT2D eigenvalue weighted by molar-refractivity contribution is 5.44. The molecule has 74 valence electrons. The number of nitrogens with zero attached hydrogens (tertiary/aromatic N) is 1. The predicted octanol–water partition coefficient (Wildman–Crippen LogP) is 2.35. The van der Waals surface area contributed by atoms with E-state index in [9.17, 15) is 0 Å².